The third-order valence-corrected chi connectivity index (χ3v) is 4.74. The molecule has 0 aromatic carbocycles. The smallest absolute Gasteiger partial charge is 0.305 e. The maximum Gasteiger partial charge on any atom is 0.305 e. The van der Waals surface area contributed by atoms with Gasteiger partial charge in [-0.3, -0.25) is 4.79 Å². The molecule has 0 aliphatic rings. The Morgan fingerprint density at radius 2 is 1.17 bits per heavy atom. The molecule has 0 aromatic rings. The first-order valence-electron chi connectivity index (χ1n) is 9.90. The highest BCUT2D eigenvalue weighted by molar-refractivity contribution is 5.68. The van der Waals surface area contributed by atoms with Gasteiger partial charge in [0.05, 0.1) is 34.3 Å². The number of methoxy groups -OCH3 is 1. The van der Waals surface area contributed by atoms with Gasteiger partial charge >= 0.3 is 5.97 Å². The second kappa shape index (κ2) is 15.0. The lowest BCUT2D eigenvalue weighted by Crippen LogP contribution is -2.41. The lowest BCUT2D eigenvalue weighted by molar-refractivity contribution is -0.890. The van der Waals surface area contributed by atoms with Gasteiger partial charge in [0, 0.05) is 6.42 Å². The molecule has 0 atom stereocenters. The number of carbonyl (C=O) groups excluding carboxylic acids is 1. The summed E-state index contributed by atoms with van der Waals surface area (Å²) >= 11 is 0. The predicted octanol–water partition coefficient (Wildman–Crippen LogP) is 5.33. The zero-order valence-electron chi connectivity index (χ0n) is 16.4. The monoisotopic (exact) mass is 328 g/mol. The third-order valence-electron chi connectivity index (χ3n) is 4.74. The van der Waals surface area contributed by atoms with Gasteiger partial charge in [0.15, 0.2) is 0 Å². The number of rotatable bonds is 16. The van der Waals surface area contributed by atoms with Crippen LogP contribution in [0.15, 0.2) is 0 Å². The lowest BCUT2D eigenvalue weighted by atomic mass is 10.1. The first-order chi connectivity index (χ1) is 11.0. The fourth-order valence-corrected chi connectivity index (χ4v) is 3.05. The van der Waals surface area contributed by atoms with Crippen molar-refractivity contribution in [3.8, 4) is 0 Å². The molecular formula is C20H42NO2+. The van der Waals surface area contributed by atoms with Crippen LogP contribution in [0, 0.1) is 0 Å². The predicted molar refractivity (Wildman–Crippen MR) is 99.6 cm³/mol. The molecule has 0 aliphatic carbocycles. The van der Waals surface area contributed by atoms with Crippen molar-refractivity contribution < 1.29 is 14.0 Å². The van der Waals surface area contributed by atoms with Crippen LogP contribution in [0.3, 0.4) is 0 Å². The van der Waals surface area contributed by atoms with Gasteiger partial charge in [0.1, 0.15) is 0 Å². The largest absolute Gasteiger partial charge is 0.469 e. The Balaban J connectivity index is 3.32. The van der Waals surface area contributed by atoms with E-state index in [-0.39, 0.29) is 5.97 Å². The van der Waals surface area contributed by atoms with E-state index in [0.29, 0.717) is 6.42 Å². The van der Waals surface area contributed by atoms with E-state index in [0.717, 1.165) is 12.8 Å². The molecule has 0 spiro atoms. The Hall–Kier alpha value is -0.570. The molecule has 0 unspecified atom stereocenters. The van der Waals surface area contributed by atoms with E-state index in [1.54, 1.807) is 0 Å². The molecule has 138 valence electrons. The standard InChI is InChI=1S/C20H42NO2/c1-5-6-7-15-18-21(2,3)19-16-13-11-9-8-10-12-14-17-20(22)23-4/h5-19H2,1-4H3/q+1. The number of unbranched alkanes of at least 4 members (excludes halogenated alkanes) is 10. The minimum atomic E-state index is -0.0690. The van der Waals surface area contributed by atoms with Crippen LogP contribution in [0.4, 0.5) is 0 Å². The van der Waals surface area contributed by atoms with Crippen molar-refractivity contribution in [3.63, 3.8) is 0 Å². The van der Waals surface area contributed by atoms with Crippen LogP contribution in [0.1, 0.15) is 90.4 Å². The molecule has 0 heterocycles. The normalized spacial score (nSPS) is 11.7. The van der Waals surface area contributed by atoms with Crippen LogP contribution in [-0.2, 0) is 9.53 Å². The quantitative estimate of drug-likeness (QED) is 0.217. The average Bonchev–Trinajstić information content (AvgIpc) is 2.53. The summed E-state index contributed by atoms with van der Waals surface area (Å²) < 4.78 is 5.84. The van der Waals surface area contributed by atoms with Crippen LogP contribution >= 0.6 is 0 Å². The van der Waals surface area contributed by atoms with Gasteiger partial charge in [0.2, 0.25) is 0 Å². The maximum atomic E-state index is 11.0. The van der Waals surface area contributed by atoms with Crippen molar-refractivity contribution in [2.75, 3.05) is 34.3 Å². The first kappa shape index (κ1) is 22.4. The van der Waals surface area contributed by atoms with E-state index in [1.807, 2.05) is 0 Å². The third kappa shape index (κ3) is 16.1. The van der Waals surface area contributed by atoms with Gasteiger partial charge in [-0.1, -0.05) is 51.9 Å². The molecule has 0 amide bonds. The summed E-state index contributed by atoms with van der Waals surface area (Å²) in [5, 5.41) is 0. The molecule has 0 fully saturated rings. The summed E-state index contributed by atoms with van der Waals surface area (Å²) in [5.74, 6) is -0.0690. The average molecular weight is 329 g/mol. The van der Waals surface area contributed by atoms with Crippen LogP contribution < -0.4 is 0 Å². The number of carbonyl (C=O) groups is 1. The zero-order valence-corrected chi connectivity index (χ0v) is 16.4. The van der Waals surface area contributed by atoms with Gasteiger partial charge in [-0.2, -0.15) is 0 Å². The topological polar surface area (TPSA) is 26.3 Å². The minimum absolute atomic E-state index is 0.0690. The van der Waals surface area contributed by atoms with E-state index in [4.69, 9.17) is 0 Å². The molecule has 3 nitrogen and oxygen atoms in total. The molecule has 3 heteroatoms. The van der Waals surface area contributed by atoms with Crippen LogP contribution in [0.5, 0.6) is 0 Å². The molecule has 0 saturated heterocycles. The molecule has 0 saturated carbocycles. The Bertz CT molecular complexity index is 277. The summed E-state index contributed by atoms with van der Waals surface area (Å²) in [6, 6.07) is 0. The molecule has 23 heavy (non-hydrogen) atoms. The van der Waals surface area contributed by atoms with Gasteiger partial charge < -0.3 is 9.22 Å². The Morgan fingerprint density at radius 1 is 0.739 bits per heavy atom. The van der Waals surface area contributed by atoms with Crippen molar-refractivity contribution in [3.05, 3.63) is 0 Å². The number of hydrogen-bond acceptors (Lipinski definition) is 2. The van der Waals surface area contributed by atoms with Crippen molar-refractivity contribution in [2.24, 2.45) is 0 Å². The lowest BCUT2D eigenvalue weighted by Gasteiger charge is -2.30. The van der Waals surface area contributed by atoms with Crippen molar-refractivity contribution in [1.82, 2.24) is 0 Å². The number of nitrogens with zero attached hydrogens (tertiary/aromatic N) is 1. The Kier molecular flexibility index (Phi) is 14.6. The summed E-state index contributed by atoms with van der Waals surface area (Å²) in [4.78, 5) is 11.0. The SMILES string of the molecule is CCCCCC[N+](C)(C)CCCCCCCCCCC(=O)OC. The number of hydrogen-bond donors (Lipinski definition) is 0. The molecular weight excluding hydrogens is 286 g/mol. The summed E-state index contributed by atoms with van der Waals surface area (Å²) in [6.45, 7) is 4.94. The Labute approximate surface area is 145 Å². The zero-order chi connectivity index (χ0) is 17.4. The Morgan fingerprint density at radius 3 is 1.65 bits per heavy atom. The molecule has 0 aromatic heterocycles. The highest BCUT2D eigenvalue weighted by Gasteiger charge is 2.13. The van der Waals surface area contributed by atoms with Gasteiger partial charge in [0.25, 0.3) is 0 Å². The maximum absolute atomic E-state index is 11.0. The number of esters is 1. The summed E-state index contributed by atoms with van der Waals surface area (Å²) in [5.41, 5.74) is 0. The van der Waals surface area contributed by atoms with Crippen molar-refractivity contribution in [1.29, 1.82) is 0 Å². The van der Waals surface area contributed by atoms with E-state index < -0.39 is 0 Å². The van der Waals surface area contributed by atoms with Crippen LogP contribution in [0.25, 0.3) is 0 Å². The molecule has 0 bridgehead atoms. The summed E-state index contributed by atoms with van der Waals surface area (Å²) in [6.07, 6.45) is 16.3. The molecule has 0 radical (unpaired) electrons. The number of quaternary nitrogens is 1. The van der Waals surface area contributed by atoms with E-state index in [1.165, 1.54) is 88.9 Å². The van der Waals surface area contributed by atoms with Crippen molar-refractivity contribution in [2.45, 2.75) is 90.4 Å². The highest BCUT2D eigenvalue weighted by Crippen LogP contribution is 2.12. The van der Waals surface area contributed by atoms with Crippen LogP contribution in [-0.4, -0.2) is 44.7 Å². The van der Waals surface area contributed by atoms with E-state index >= 15 is 0 Å². The summed E-state index contributed by atoms with van der Waals surface area (Å²) in [7, 11) is 6.23. The molecule has 0 N–H and O–H groups in total. The van der Waals surface area contributed by atoms with Gasteiger partial charge in [-0.15, -0.1) is 0 Å². The first-order valence-corrected chi connectivity index (χ1v) is 9.90. The second-order valence-electron chi connectivity index (χ2n) is 7.60. The minimum Gasteiger partial charge on any atom is -0.469 e. The fraction of sp³-hybridized carbons (Fsp3) is 0.950. The van der Waals surface area contributed by atoms with Gasteiger partial charge in [-0.05, 0) is 32.1 Å². The fourth-order valence-electron chi connectivity index (χ4n) is 3.05. The van der Waals surface area contributed by atoms with Crippen molar-refractivity contribution >= 4 is 5.97 Å². The van der Waals surface area contributed by atoms with Crippen LogP contribution in [0.2, 0.25) is 0 Å². The van der Waals surface area contributed by atoms with Gasteiger partial charge in [-0.25, -0.2) is 0 Å². The second-order valence-corrected chi connectivity index (χ2v) is 7.60. The molecule has 0 rings (SSSR count). The highest BCUT2D eigenvalue weighted by atomic mass is 16.5. The van der Waals surface area contributed by atoms with E-state index in [2.05, 4.69) is 25.8 Å². The van der Waals surface area contributed by atoms with E-state index in [9.17, 15) is 4.79 Å². The molecule has 0 aliphatic heterocycles. The number of ether oxygens (including phenoxy) is 1.